The van der Waals surface area contributed by atoms with E-state index in [1.54, 1.807) is 29.2 Å². The highest BCUT2D eigenvalue weighted by Crippen LogP contribution is 2.12. The highest BCUT2D eigenvalue weighted by Gasteiger charge is 2.14. The molecule has 4 aromatic rings. The van der Waals surface area contributed by atoms with Crippen molar-refractivity contribution in [2.75, 3.05) is 0 Å². The summed E-state index contributed by atoms with van der Waals surface area (Å²) < 4.78 is 11.7. The van der Waals surface area contributed by atoms with Crippen LogP contribution < -0.4 is 5.56 Å². The second-order valence-corrected chi connectivity index (χ2v) is 6.08. The molecule has 8 heteroatoms. The van der Waals surface area contributed by atoms with Crippen molar-refractivity contribution < 1.29 is 8.83 Å². The molecule has 4 heterocycles. The third-order valence-electron chi connectivity index (χ3n) is 4.06. The number of hydrogen-bond donors (Lipinski definition) is 0. The number of fused-ring (bicyclic) bond motifs is 1. The van der Waals surface area contributed by atoms with Gasteiger partial charge in [-0.15, -0.1) is 0 Å². The molecule has 26 heavy (non-hydrogen) atoms. The van der Waals surface area contributed by atoms with Gasteiger partial charge in [-0.05, 0) is 18.6 Å². The second kappa shape index (κ2) is 6.93. The molecule has 4 rings (SSSR count). The molecule has 0 unspecified atom stereocenters. The average molecular weight is 351 g/mol. The zero-order valence-corrected chi connectivity index (χ0v) is 14.2. The lowest BCUT2D eigenvalue weighted by molar-refractivity contribution is 0.238. The van der Waals surface area contributed by atoms with Crippen molar-refractivity contribution in [2.24, 2.45) is 0 Å². The van der Waals surface area contributed by atoms with Gasteiger partial charge in [-0.1, -0.05) is 6.07 Å². The average Bonchev–Trinajstić information content (AvgIpc) is 3.30. The van der Waals surface area contributed by atoms with Crippen LogP contribution in [0.15, 0.2) is 63.3 Å². The molecule has 0 radical (unpaired) electrons. The van der Waals surface area contributed by atoms with Crippen LogP contribution in [-0.2, 0) is 19.6 Å². The van der Waals surface area contributed by atoms with Crippen molar-refractivity contribution >= 4 is 5.65 Å². The third kappa shape index (κ3) is 3.40. The molecule has 0 saturated heterocycles. The van der Waals surface area contributed by atoms with Crippen LogP contribution in [-0.4, -0.2) is 24.3 Å². The molecule has 0 N–H and O–H groups in total. The maximum Gasteiger partial charge on any atom is 0.258 e. The van der Waals surface area contributed by atoms with Gasteiger partial charge in [0.25, 0.3) is 5.56 Å². The molecule has 132 valence electrons. The van der Waals surface area contributed by atoms with Gasteiger partial charge in [-0.25, -0.2) is 15.0 Å². The number of aromatic nitrogens is 4. The van der Waals surface area contributed by atoms with Crippen molar-refractivity contribution in [1.29, 1.82) is 0 Å². The van der Waals surface area contributed by atoms with Gasteiger partial charge < -0.3 is 8.83 Å². The van der Waals surface area contributed by atoms with Crippen molar-refractivity contribution in [3.05, 3.63) is 82.7 Å². The molecule has 0 spiro atoms. The Morgan fingerprint density at radius 2 is 1.69 bits per heavy atom. The lowest BCUT2D eigenvalue weighted by Crippen LogP contribution is -2.25. The van der Waals surface area contributed by atoms with E-state index >= 15 is 0 Å². The van der Waals surface area contributed by atoms with Crippen LogP contribution in [0.4, 0.5) is 0 Å². The van der Waals surface area contributed by atoms with Crippen molar-refractivity contribution in [1.82, 2.24) is 24.3 Å². The minimum Gasteiger partial charge on any atom is -0.451 e. The van der Waals surface area contributed by atoms with Crippen LogP contribution in [0, 0.1) is 6.92 Å². The molecular weight excluding hydrogens is 334 g/mol. The Morgan fingerprint density at radius 3 is 2.31 bits per heavy atom. The van der Waals surface area contributed by atoms with E-state index in [0.29, 0.717) is 31.0 Å². The van der Waals surface area contributed by atoms with Gasteiger partial charge in [0, 0.05) is 31.9 Å². The fraction of sp³-hybridized carbons (Fsp3) is 0.222. The third-order valence-corrected chi connectivity index (χ3v) is 4.06. The molecule has 0 aliphatic rings. The summed E-state index contributed by atoms with van der Waals surface area (Å²) in [6.45, 7) is 3.49. The number of nitrogens with zero attached hydrogens (tertiary/aromatic N) is 5. The van der Waals surface area contributed by atoms with Gasteiger partial charge in [0.1, 0.15) is 18.2 Å². The SMILES string of the molecule is Cc1cccn2c(=O)cc(CN(Cc3cocn3)Cc3cocn3)nc12. The Morgan fingerprint density at radius 1 is 1.04 bits per heavy atom. The zero-order valence-electron chi connectivity index (χ0n) is 14.2. The second-order valence-electron chi connectivity index (χ2n) is 6.08. The first kappa shape index (κ1) is 16.2. The van der Waals surface area contributed by atoms with Gasteiger partial charge in [-0.2, -0.15) is 0 Å². The van der Waals surface area contributed by atoms with Crippen LogP contribution in [0.3, 0.4) is 0 Å². The maximum absolute atomic E-state index is 12.4. The first-order chi connectivity index (χ1) is 12.7. The summed E-state index contributed by atoms with van der Waals surface area (Å²) in [4.78, 5) is 27.5. The van der Waals surface area contributed by atoms with E-state index in [4.69, 9.17) is 8.83 Å². The fourth-order valence-corrected chi connectivity index (χ4v) is 2.88. The minimum absolute atomic E-state index is 0.100. The van der Waals surface area contributed by atoms with Crippen LogP contribution in [0.1, 0.15) is 22.6 Å². The van der Waals surface area contributed by atoms with Gasteiger partial charge in [0.15, 0.2) is 12.8 Å². The number of oxazole rings is 2. The number of pyridine rings is 1. The predicted molar refractivity (Wildman–Crippen MR) is 92.2 cm³/mol. The molecule has 0 aliphatic carbocycles. The standard InChI is InChI=1S/C18H17N5O3/c1-13-3-2-4-23-17(24)5-14(21-18(13)23)6-22(7-15-9-25-11-19-15)8-16-10-26-12-20-16/h2-5,9-12H,6-8H2,1H3. The number of hydrogen-bond acceptors (Lipinski definition) is 7. The Bertz CT molecular complexity index is 1020. The largest absolute Gasteiger partial charge is 0.451 e. The van der Waals surface area contributed by atoms with Gasteiger partial charge in [0.05, 0.1) is 17.1 Å². The lowest BCUT2D eigenvalue weighted by Gasteiger charge is -2.19. The summed E-state index contributed by atoms with van der Waals surface area (Å²) >= 11 is 0. The van der Waals surface area contributed by atoms with Gasteiger partial charge >= 0.3 is 0 Å². The first-order valence-electron chi connectivity index (χ1n) is 8.13. The molecule has 0 aliphatic heterocycles. The summed E-state index contributed by atoms with van der Waals surface area (Å²) in [6.07, 6.45) is 7.72. The number of aryl methyl sites for hydroxylation is 1. The monoisotopic (exact) mass is 351 g/mol. The molecule has 0 bridgehead atoms. The molecular formula is C18H17N5O3. The first-order valence-corrected chi connectivity index (χ1v) is 8.13. The quantitative estimate of drug-likeness (QED) is 0.526. The Kier molecular flexibility index (Phi) is 4.32. The molecule has 0 atom stereocenters. The summed E-state index contributed by atoms with van der Waals surface area (Å²) in [5, 5.41) is 0. The van der Waals surface area contributed by atoms with E-state index in [1.165, 1.54) is 12.8 Å². The van der Waals surface area contributed by atoms with E-state index in [1.807, 2.05) is 19.1 Å². The minimum atomic E-state index is -0.100. The highest BCUT2D eigenvalue weighted by atomic mass is 16.3. The molecule has 0 aromatic carbocycles. The topological polar surface area (TPSA) is 89.7 Å². The molecule has 0 amide bonds. The van der Waals surface area contributed by atoms with Crippen LogP contribution in [0.25, 0.3) is 5.65 Å². The van der Waals surface area contributed by atoms with Crippen molar-refractivity contribution in [3.8, 4) is 0 Å². The summed E-state index contributed by atoms with van der Waals surface area (Å²) in [6, 6.07) is 5.34. The van der Waals surface area contributed by atoms with E-state index in [0.717, 1.165) is 17.0 Å². The van der Waals surface area contributed by atoms with Crippen LogP contribution in [0.2, 0.25) is 0 Å². The molecule has 0 saturated carbocycles. The predicted octanol–water partition coefficient (Wildman–Crippen LogP) is 2.18. The summed E-state index contributed by atoms with van der Waals surface area (Å²) in [5.41, 5.74) is 3.79. The molecule has 8 nitrogen and oxygen atoms in total. The van der Waals surface area contributed by atoms with Crippen LogP contribution in [0.5, 0.6) is 0 Å². The van der Waals surface area contributed by atoms with Gasteiger partial charge in [0.2, 0.25) is 0 Å². The normalized spacial score (nSPS) is 11.5. The Hall–Kier alpha value is -3.26. The highest BCUT2D eigenvalue weighted by molar-refractivity contribution is 5.46. The summed E-state index contributed by atoms with van der Waals surface area (Å²) in [5.74, 6) is 0. The number of rotatable bonds is 6. The zero-order chi connectivity index (χ0) is 17.9. The smallest absolute Gasteiger partial charge is 0.258 e. The molecule has 0 fully saturated rings. The van der Waals surface area contributed by atoms with E-state index in [2.05, 4.69) is 19.9 Å². The van der Waals surface area contributed by atoms with E-state index < -0.39 is 0 Å². The van der Waals surface area contributed by atoms with Crippen LogP contribution >= 0.6 is 0 Å². The molecule has 4 aromatic heterocycles. The lowest BCUT2D eigenvalue weighted by atomic mass is 10.2. The summed E-state index contributed by atoms with van der Waals surface area (Å²) in [7, 11) is 0. The van der Waals surface area contributed by atoms with Gasteiger partial charge in [-0.3, -0.25) is 14.1 Å². The van der Waals surface area contributed by atoms with Crippen molar-refractivity contribution in [3.63, 3.8) is 0 Å². The Balaban J connectivity index is 1.65. The maximum atomic E-state index is 12.4. The Labute approximate surface area is 148 Å². The fourth-order valence-electron chi connectivity index (χ4n) is 2.88. The van der Waals surface area contributed by atoms with E-state index in [-0.39, 0.29) is 5.56 Å². The van der Waals surface area contributed by atoms with E-state index in [9.17, 15) is 4.79 Å². The van der Waals surface area contributed by atoms with Crippen molar-refractivity contribution in [2.45, 2.75) is 26.6 Å².